The molecule has 0 aliphatic carbocycles. The Balaban J connectivity index is 3.10. The number of anilines is 1. The summed E-state index contributed by atoms with van der Waals surface area (Å²) in [6.07, 6.45) is 1.82. The van der Waals surface area contributed by atoms with Crippen LogP contribution in [0.25, 0.3) is 0 Å². The van der Waals surface area contributed by atoms with Gasteiger partial charge in [-0.2, -0.15) is 0 Å². The molecule has 6 heteroatoms. The van der Waals surface area contributed by atoms with E-state index in [0.717, 1.165) is 24.2 Å². The fourth-order valence-corrected chi connectivity index (χ4v) is 2.92. The van der Waals surface area contributed by atoms with Gasteiger partial charge in [-0.25, -0.2) is 9.78 Å². The minimum Gasteiger partial charge on any atom is -0.477 e. The lowest BCUT2D eigenvalue weighted by molar-refractivity contribution is -0.117. The zero-order valence-electron chi connectivity index (χ0n) is 11.1. The maximum absolute atomic E-state index is 11.7. The lowest BCUT2D eigenvalue weighted by atomic mass is 10.2. The van der Waals surface area contributed by atoms with E-state index in [1.165, 1.54) is 6.92 Å². The van der Waals surface area contributed by atoms with Crippen LogP contribution >= 0.6 is 11.3 Å². The van der Waals surface area contributed by atoms with E-state index >= 15 is 0 Å². The fourth-order valence-electron chi connectivity index (χ4n) is 1.86. The Morgan fingerprint density at radius 3 is 2.50 bits per heavy atom. The Morgan fingerprint density at radius 1 is 1.50 bits per heavy atom. The summed E-state index contributed by atoms with van der Waals surface area (Å²) in [5, 5.41) is 9.48. The predicted octanol–water partition coefficient (Wildman–Crippen LogP) is 2.69. The fraction of sp³-hybridized carbons (Fsp3) is 0.583. The van der Waals surface area contributed by atoms with Crippen molar-refractivity contribution < 1.29 is 14.7 Å². The van der Waals surface area contributed by atoms with Crippen molar-refractivity contribution in [1.29, 1.82) is 0 Å². The van der Waals surface area contributed by atoms with Crippen LogP contribution in [-0.2, 0) is 4.79 Å². The topological polar surface area (TPSA) is 70.5 Å². The molecule has 0 saturated heterocycles. The van der Waals surface area contributed by atoms with Crippen LogP contribution < -0.4 is 4.90 Å². The molecule has 1 N–H and O–H groups in total. The average molecular weight is 270 g/mol. The van der Waals surface area contributed by atoms with Crippen molar-refractivity contribution in [3.8, 4) is 0 Å². The van der Waals surface area contributed by atoms with Crippen LogP contribution in [0.2, 0.25) is 0 Å². The molecule has 1 aromatic rings. The van der Waals surface area contributed by atoms with Crippen LogP contribution in [0.4, 0.5) is 5.13 Å². The Bertz CT molecular complexity index is 456. The first-order valence-corrected chi connectivity index (χ1v) is 6.70. The maximum atomic E-state index is 11.7. The highest BCUT2D eigenvalue weighted by Gasteiger charge is 2.24. The summed E-state index contributed by atoms with van der Waals surface area (Å²) in [7, 11) is 0. The number of hydrogen-bond donors (Lipinski definition) is 1. The van der Waals surface area contributed by atoms with Crippen molar-refractivity contribution >= 4 is 28.3 Å². The second-order valence-electron chi connectivity index (χ2n) is 4.24. The molecule has 1 heterocycles. The molecule has 100 valence electrons. The molecular formula is C12H18N2O3S. The van der Waals surface area contributed by atoms with Crippen molar-refractivity contribution in [2.24, 2.45) is 0 Å². The van der Waals surface area contributed by atoms with Crippen molar-refractivity contribution in [2.45, 2.75) is 46.6 Å². The van der Waals surface area contributed by atoms with Crippen LogP contribution in [0.1, 0.15) is 49.0 Å². The summed E-state index contributed by atoms with van der Waals surface area (Å²) in [5.74, 6) is -1.11. The third-order valence-corrected chi connectivity index (χ3v) is 3.82. The SMILES string of the molecule is CCCC(C)N(C(C)=O)c1nc(C)c(C(=O)O)s1. The number of thiazole rings is 1. The minimum atomic E-state index is -0.997. The van der Waals surface area contributed by atoms with Gasteiger partial charge in [0, 0.05) is 13.0 Å². The van der Waals surface area contributed by atoms with Crippen LogP contribution in [-0.4, -0.2) is 28.0 Å². The molecule has 0 spiro atoms. The molecule has 5 nitrogen and oxygen atoms in total. The summed E-state index contributed by atoms with van der Waals surface area (Å²) >= 11 is 1.05. The van der Waals surface area contributed by atoms with Gasteiger partial charge < -0.3 is 5.11 Å². The second-order valence-corrected chi connectivity index (χ2v) is 5.22. The van der Waals surface area contributed by atoms with Crippen LogP contribution in [0.3, 0.4) is 0 Å². The van der Waals surface area contributed by atoms with E-state index in [0.29, 0.717) is 10.8 Å². The van der Waals surface area contributed by atoms with Gasteiger partial charge in [-0.05, 0) is 20.3 Å². The van der Waals surface area contributed by atoms with Crippen LogP contribution in [0, 0.1) is 6.92 Å². The van der Waals surface area contributed by atoms with Gasteiger partial charge in [0.1, 0.15) is 4.88 Å². The number of aryl methyl sites for hydroxylation is 1. The highest BCUT2D eigenvalue weighted by atomic mass is 32.1. The first-order chi connectivity index (χ1) is 8.38. The number of carbonyl (C=O) groups excluding carboxylic acids is 1. The van der Waals surface area contributed by atoms with E-state index < -0.39 is 5.97 Å². The van der Waals surface area contributed by atoms with Gasteiger partial charge in [0.15, 0.2) is 5.13 Å². The zero-order valence-corrected chi connectivity index (χ0v) is 11.9. The first kappa shape index (κ1) is 14.6. The molecular weight excluding hydrogens is 252 g/mol. The Morgan fingerprint density at radius 2 is 2.11 bits per heavy atom. The Hall–Kier alpha value is -1.43. The first-order valence-electron chi connectivity index (χ1n) is 5.89. The third kappa shape index (κ3) is 3.07. The lowest BCUT2D eigenvalue weighted by Gasteiger charge is -2.25. The van der Waals surface area contributed by atoms with Gasteiger partial charge >= 0.3 is 5.97 Å². The van der Waals surface area contributed by atoms with Gasteiger partial charge in [0.25, 0.3) is 0 Å². The van der Waals surface area contributed by atoms with Crippen molar-refractivity contribution in [1.82, 2.24) is 4.98 Å². The zero-order chi connectivity index (χ0) is 13.9. The van der Waals surface area contributed by atoms with Gasteiger partial charge in [0.2, 0.25) is 5.91 Å². The summed E-state index contributed by atoms with van der Waals surface area (Å²) in [4.78, 5) is 28.7. The van der Waals surface area contributed by atoms with Gasteiger partial charge in [-0.1, -0.05) is 24.7 Å². The summed E-state index contributed by atoms with van der Waals surface area (Å²) in [6, 6.07) is 0.0275. The summed E-state index contributed by atoms with van der Waals surface area (Å²) < 4.78 is 0. The normalized spacial score (nSPS) is 12.2. The average Bonchev–Trinajstić information content (AvgIpc) is 2.60. The monoisotopic (exact) mass is 270 g/mol. The molecule has 0 aliphatic heterocycles. The number of aromatic nitrogens is 1. The van der Waals surface area contributed by atoms with Gasteiger partial charge in [-0.3, -0.25) is 9.69 Å². The number of rotatable bonds is 5. The number of hydrogen-bond acceptors (Lipinski definition) is 4. The molecule has 0 bridgehead atoms. The van der Waals surface area contributed by atoms with Crippen LogP contribution in [0.15, 0.2) is 0 Å². The van der Waals surface area contributed by atoms with E-state index in [4.69, 9.17) is 5.11 Å². The number of carbonyl (C=O) groups is 2. The number of carboxylic acids is 1. The van der Waals surface area contributed by atoms with E-state index in [2.05, 4.69) is 4.98 Å². The van der Waals surface area contributed by atoms with Gasteiger partial charge in [0.05, 0.1) is 5.69 Å². The molecule has 1 unspecified atom stereocenters. The predicted molar refractivity (Wildman–Crippen MR) is 71.3 cm³/mol. The standard InChI is InChI=1S/C12H18N2O3S/c1-5-6-7(2)14(9(4)15)12-13-8(3)10(18-12)11(16)17/h7H,5-6H2,1-4H3,(H,16,17). The maximum Gasteiger partial charge on any atom is 0.347 e. The number of aromatic carboxylic acids is 1. The van der Waals surface area contributed by atoms with Crippen molar-refractivity contribution in [2.75, 3.05) is 4.90 Å². The third-order valence-electron chi connectivity index (χ3n) is 2.67. The summed E-state index contributed by atoms with van der Waals surface area (Å²) in [6.45, 7) is 7.11. The van der Waals surface area contributed by atoms with Gasteiger partial charge in [-0.15, -0.1) is 0 Å². The molecule has 0 saturated carbocycles. The quantitative estimate of drug-likeness (QED) is 0.893. The molecule has 0 aliphatic rings. The largest absolute Gasteiger partial charge is 0.477 e. The van der Waals surface area contributed by atoms with Crippen LogP contribution in [0.5, 0.6) is 0 Å². The minimum absolute atomic E-state index is 0.0275. The number of nitrogens with zero attached hydrogens (tertiary/aromatic N) is 2. The smallest absolute Gasteiger partial charge is 0.347 e. The van der Waals surface area contributed by atoms with E-state index in [9.17, 15) is 9.59 Å². The molecule has 1 amide bonds. The molecule has 0 radical (unpaired) electrons. The Kier molecular flexibility index (Phi) is 4.84. The lowest BCUT2D eigenvalue weighted by Crippen LogP contribution is -2.37. The second kappa shape index (κ2) is 5.95. The van der Waals surface area contributed by atoms with E-state index in [-0.39, 0.29) is 16.8 Å². The molecule has 0 fully saturated rings. The van der Waals surface area contributed by atoms with Crippen molar-refractivity contribution in [3.05, 3.63) is 10.6 Å². The van der Waals surface area contributed by atoms with Crippen molar-refractivity contribution in [3.63, 3.8) is 0 Å². The molecule has 18 heavy (non-hydrogen) atoms. The molecule has 1 aromatic heterocycles. The highest BCUT2D eigenvalue weighted by Crippen LogP contribution is 2.28. The number of amides is 1. The molecule has 1 atom stereocenters. The molecule has 0 aromatic carbocycles. The molecule has 1 rings (SSSR count). The number of carboxylic acid groups (broad SMARTS) is 1. The highest BCUT2D eigenvalue weighted by molar-refractivity contribution is 7.17. The van der Waals surface area contributed by atoms with E-state index in [1.54, 1.807) is 11.8 Å². The Labute approximate surface area is 110 Å². The summed E-state index contributed by atoms with van der Waals surface area (Å²) in [5.41, 5.74) is 0.456. The van der Waals surface area contributed by atoms with E-state index in [1.807, 2.05) is 13.8 Å².